The number of ether oxygens (including phenoxy) is 1. The average Bonchev–Trinajstić information content (AvgIpc) is 3.31. The number of phenols is 2. The Morgan fingerprint density at radius 2 is 1.59 bits per heavy atom. The van der Waals surface area contributed by atoms with Crippen LogP contribution < -0.4 is 9.92 Å². The van der Waals surface area contributed by atoms with Crippen molar-refractivity contribution < 1.29 is 19.7 Å². The van der Waals surface area contributed by atoms with Crippen molar-refractivity contribution >= 4 is 40.5 Å². The van der Waals surface area contributed by atoms with Crippen molar-refractivity contribution in [3.63, 3.8) is 0 Å². The van der Waals surface area contributed by atoms with Crippen LogP contribution in [0.2, 0.25) is 18.1 Å². The summed E-state index contributed by atoms with van der Waals surface area (Å²) in [5.74, 6) is 1.10. The third kappa shape index (κ3) is 6.08. The quantitative estimate of drug-likeness (QED) is 0.163. The maximum Gasteiger partial charge on any atom is 0.195 e. The van der Waals surface area contributed by atoms with Gasteiger partial charge < -0.3 is 14.9 Å². The fraction of sp³-hybridized carbons (Fsp3) is 0.382. The van der Waals surface area contributed by atoms with E-state index < -0.39 is 8.07 Å². The van der Waals surface area contributed by atoms with Crippen molar-refractivity contribution in [2.45, 2.75) is 58.2 Å². The second-order valence-electron chi connectivity index (χ2n) is 12.7. The van der Waals surface area contributed by atoms with Gasteiger partial charge in [0.1, 0.15) is 23.9 Å². The van der Waals surface area contributed by atoms with Gasteiger partial charge in [-0.3, -0.25) is 9.69 Å². The zero-order chi connectivity index (χ0) is 29.4. The van der Waals surface area contributed by atoms with Crippen LogP contribution in [0.3, 0.4) is 0 Å². The second-order valence-corrected chi connectivity index (χ2v) is 19.0. The molecule has 1 saturated heterocycles. The molecule has 0 saturated carbocycles. The summed E-state index contributed by atoms with van der Waals surface area (Å²) < 4.78 is 6.87. The molecule has 216 valence electrons. The topological polar surface area (TPSA) is 70.0 Å². The predicted octanol–water partition coefficient (Wildman–Crippen LogP) is 7.79. The van der Waals surface area contributed by atoms with Crippen LogP contribution in [0.5, 0.6) is 17.2 Å². The molecule has 7 heteroatoms. The van der Waals surface area contributed by atoms with Gasteiger partial charge in [-0.1, -0.05) is 40.3 Å². The van der Waals surface area contributed by atoms with Gasteiger partial charge in [-0.25, -0.2) is 0 Å². The highest BCUT2D eigenvalue weighted by atomic mass is 32.1. The summed E-state index contributed by atoms with van der Waals surface area (Å²) in [4.78, 5) is 17.5. The minimum absolute atomic E-state index is 0.0263. The Morgan fingerprint density at radius 1 is 0.927 bits per heavy atom. The molecule has 5 rings (SSSR count). The first-order valence-corrected chi connectivity index (χ1v) is 18.4. The third-order valence-electron chi connectivity index (χ3n) is 8.94. The van der Waals surface area contributed by atoms with Crippen LogP contribution >= 0.6 is 11.3 Å². The van der Waals surface area contributed by atoms with Gasteiger partial charge in [0.15, 0.2) is 5.78 Å². The minimum atomic E-state index is -2.10. The van der Waals surface area contributed by atoms with E-state index in [1.165, 1.54) is 30.6 Å². The molecule has 1 aliphatic heterocycles. The smallest absolute Gasteiger partial charge is 0.195 e. The molecule has 3 aromatic carbocycles. The molecule has 0 bridgehead atoms. The van der Waals surface area contributed by atoms with Gasteiger partial charge in [0, 0.05) is 32.6 Å². The van der Waals surface area contributed by atoms with E-state index in [-0.39, 0.29) is 22.3 Å². The van der Waals surface area contributed by atoms with Crippen LogP contribution in [-0.2, 0) is 0 Å². The summed E-state index contributed by atoms with van der Waals surface area (Å²) in [6.07, 6.45) is 3.84. The largest absolute Gasteiger partial charge is 0.508 e. The summed E-state index contributed by atoms with van der Waals surface area (Å²) in [6.45, 7) is 15.2. The molecule has 0 spiro atoms. The molecule has 0 amide bonds. The molecule has 41 heavy (non-hydrogen) atoms. The van der Waals surface area contributed by atoms with Gasteiger partial charge in [0.05, 0.1) is 8.07 Å². The Balaban J connectivity index is 1.51. The number of likely N-dealkylation sites (tertiary alicyclic amines) is 1. The number of hydrogen-bond donors (Lipinski definition) is 2. The summed E-state index contributed by atoms with van der Waals surface area (Å²) >= 11 is 1.52. The maximum absolute atomic E-state index is 14.2. The Labute approximate surface area is 248 Å². The normalized spacial score (nSPS) is 14.9. The van der Waals surface area contributed by atoms with Crippen molar-refractivity contribution in [1.29, 1.82) is 0 Å². The number of ketones is 1. The van der Waals surface area contributed by atoms with Crippen LogP contribution in [0.25, 0.3) is 20.5 Å². The number of fused-ring (bicyclic) bond motifs is 1. The van der Waals surface area contributed by atoms with E-state index >= 15 is 0 Å². The monoisotopic (exact) mass is 587 g/mol. The average molecular weight is 588 g/mol. The number of hydrogen-bond acceptors (Lipinski definition) is 6. The first-order valence-electron chi connectivity index (χ1n) is 14.5. The van der Waals surface area contributed by atoms with Gasteiger partial charge in [-0.2, -0.15) is 0 Å². The van der Waals surface area contributed by atoms with Gasteiger partial charge in [-0.05, 0) is 102 Å². The Hall–Kier alpha value is -3.13. The SMILES string of the molecule is CC(C)(C)[Si](C)(C)c1cc(O)ccc1-c1sc2cc(O)ccc2c1C(=O)c1ccc(OCCN2CCCCC2)cc1. The van der Waals surface area contributed by atoms with Crippen LogP contribution in [-0.4, -0.2) is 55.2 Å². The van der Waals surface area contributed by atoms with Crippen molar-refractivity contribution in [2.24, 2.45) is 0 Å². The van der Waals surface area contributed by atoms with Crippen molar-refractivity contribution in [1.82, 2.24) is 4.90 Å². The van der Waals surface area contributed by atoms with Crippen LogP contribution in [0.1, 0.15) is 56.0 Å². The molecular weight excluding hydrogens is 547 g/mol. The standard InChI is InChI=1S/C34H41NO4SSi/c1-34(2,3)41(4,5)30-22-25(37)12-16-28(30)33-31(27-15-11-24(36)21-29(27)40-33)32(38)23-9-13-26(14-10-23)39-20-19-35-17-7-6-8-18-35/h9-16,21-22,36-37H,6-8,17-20H2,1-5H3. The van der Waals surface area contributed by atoms with Gasteiger partial charge in [0.2, 0.25) is 0 Å². The van der Waals surface area contributed by atoms with E-state index in [9.17, 15) is 15.0 Å². The van der Waals surface area contributed by atoms with Crippen molar-refractivity contribution in [3.05, 3.63) is 71.8 Å². The fourth-order valence-corrected chi connectivity index (χ4v) is 9.04. The number of benzene rings is 3. The molecule has 1 fully saturated rings. The second kappa shape index (κ2) is 11.6. The van der Waals surface area contributed by atoms with Crippen LogP contribution in [0, 0.1) is 0 Å². The van der Waals surface area contributed by atoms with Gasteiger partial charge >= 0.3 is 0 Å². The third-order valence-corrected chi connectivity index (χ3v) is 15.6. The highest BCUT2D eigenvalue weighted by molar-refractivity contribution is 7.23. The lowest BCUT2D eigenvalue weighted by Crippen LogP contribution is -2.50. The lowest BCUT2D eigenvalue weighted by Gasteiger charge is -2.38. The molecule has 2 N–H and O–H groups in total. The van der Waals surface area contributed by atoms with E-state index in [0.717, 1.165) is 51.1 Å². The number of carbonyl (C=O) groups is 1. The zero-order valence-corrected chi connectivity index (χ0v) is 26.6. The van der Waals surface area contributed by atoms with E-state index in [2.05, 4.69) is 38.8 Å². The summed E-state index contributed by atoms with van der Waals surface area (Å²) in [5.41, 5.74) is 2.21. The highest BCUT2D eigenvalue weighted by Gasteiger charge is 2.39. The number of nitrogens with zero attached hydrogens (tertiary/aromatic N) is 1. The number of aromatic hydroxyl groups is 2. The van der Waals surface area contributed by atoms with Crippen molar-refractivity contribution in [3.8, 4) is 27.7 Å². The van der Waals surface area contributed by atoms with Crippen molar-refractivity contribution in [2.75, 3.05) is 26.2 Å². The first-order chi connectivity index (χ1) is 19.5. The number of phenolic OH excluding ortho intramolecular Hbond substituents is 2. The molecule has 1 aromatic heterocycles. The Bertz CT molecular complexity index is 1550. The molecule has 0 unspecified atom stereocenters. The molecule has 0 atom stereocenters. The summed E-state index contributed by atoms with van der Waals surface area (Å²) in [6, 6.07) is 18.2. The Kier molecular flexibility index (Phi) is 8.33. The minimum Gasteiger partial charge on any atom is -0.508 e. The van der Waals surface area contributed by atoms with E-state index in [1.54, 1.807) is 18.2 Å². The van der Waals surface area contributed by atoms with E-state index in [0.29, 0.717) is 17.7 Å². The molecule has 0 aliphatic carbocycles. The molecule has 2 heterocycles. The summed E-state index contributed by atoms with van der Waals surface area (Å²) in [7, 11) is -2.10. The molecule has 5 nitrogen and oxygen atoms in total. The lowest BCUT2D eigenvalue weighted by atomic mass is 9.97. The highest BCUT2D eigenvalue weighted by Crippen LogP contribution is 2.44. The number of rotatable bonds is 8. The molecule has 0 radical (unpaired) electrons. The Morgan fingerprint density at radius 3 is 2.27 bits per heavy atom. The van der Waals surface area contributed by atoms with Gasteiger partial charge in [-0.15, -0.1) is 11.3 Å². The maximum atomic E-state index is 14.2. The van der Waals surface area contributed by atoms with Gasteiger partial charge in [0.25, 0.3) is 0 Å². The van der Waals surface area contributed by atoms with E-state index in [4.69, 9.17) is 4.74 Å². The summed E-state index contributed by atoms with van der Waals surface area (Å²) in [5, 5.41) is 22.7. The molecule has 4 aromatic rings. The molecular formula is C34H41NO4SSi. The lowest BCUT2D eigenvalue weighted by molar-refractivity contribution is 0.104. The number of thiophene rings is 1. The zero-order valence-electron chi connectivity index (χ0n) is 24.8. The fourth-order valence-electron chi connectivity index (χ4n) is 5.47. The van der Waals surface area contributed by atoms with Crippen LogP contribution in [0.4, 0.5) is 0 Å². The number of piperidine rings is 1. The molecule has 1 aliphatic rings. The number of carbonyl (C=O) groups excluding carboxylic acids is 1. The predicted molar refractivity (Wildman–Crippen MR) is 173 cm³/mol. The van der Waals surface area contributed by atoms with E-state index in [1.807, 2.05) is 42.5 Å². The van der Waals surface area contributed by atoms with Crippen LogP contribution in [0.15, 0.2) is 60.7 Å². The first kappa shape index (κ1) is 29.4.